The van der Waals surface area contributed by atoms with Crippen LogP contribution in [0.1, 0.15) is 44.5 Å². The molecule has 1 aliphatic heterocycles. The Balaban J connectivity index is 1.87. The standard InChI is InChI=1S/C12H20N4O2S/c1-12(2,3)18-11(17)16-6-4-8(5-7-16)9-14-15-10(13)19-9/h8H,4-7H2,1-3H3,(H2,13,15). The van der Waals surface area contributed by atoms with Crippen LogP contribution in [0.5, 0.6) is 0 Å². The maximum atomic E-state index is 11.9. The number of rotatable bonds is 1. The molecule has 106 valence electrons. The van der Waals surface area contributed by atoms with Crippen molar-refractivity contribution in [2.75, 3.05) is 18.8 Å². The molecule has 2 N–H and O–H groups in total. The highest BCUT2D eigenvalue weighted by molar-refractivity contribution is 7.15. The molecule has 0 radical (unpaired) electrons. The number of hydrogen-bond donors (Lipinski definition) is 1. The fourth-order valence-corrected chi connectivity index (χ4v) is 2.83. The predicted octanol–water partition coefficient (Wildman–Crippen LogP) is 2.23. The second-order valence-corrected chi connectivity index (χ2v) is 6.76. The Morgan fingerprint density at radius 2 is 2.00 bits per heavy atom. The molecule has 0 spiro atoms. The van der Waals surface area contributed by atoms with Gasteiger partial charge in [0.2, 0.25) is 5.13 Å². The lowest BCUT2D eigenvalue weighted by Gasteiger charge is -2.32. The highest BCUT2D eigenvalue weighted by Gasteiger charge is 2.28. The van der Waals surface area contributed by atoms with E-state index in [2.05, 4.69) is 10.2 Å². The summed E-state index contributed by atoms with van der Waals surface area (Å²) in [4.78, 5) is 13.7. The van der Waals surface area contributed by atoms with Crippen molar-refractivity contribution in [3.8, 4) is 0 Å². The molecule has 2 rings (SSSR count). The van der Waals surface area contributed by atoms with Crippen LogP contribution < -0.4 is 5.73 Å². The number of piperidine rings is 1. The molecule has 1 amide bonds. The molecule has 1 aliphatic rings. The molecule has 0 saturated carbocycles. The van der Waals surface area contributed by atoms with Crippen LogP contribution in [0.3, 0.4) is 0 Å². The van der Waals surface area contributed by atoms with Gasteiger partial charge in [-0.2, -0.15) is 0 Å². The molecule has 19 heavy (non-hydrogen) atoms. The Morgan fingerprint density at radius 1 is 1.37 bits per heavy atom. The van der Waals surface area contributed by atoms with Crippen molar-refractivity contribution in [3.63, 3.8) is 0 Å². The number of carbonyl (C=O) groups is 1. The average Bonchev–Trinajstić information content (AvgIpc) is 2.74. The molecular weight excluding hydrogens is 264 g/mol. The Bertz CT molecular complexity index is 447. The SMILES string of the molecule is CC(C)(C)OC(=O)N1CCC(c2nnc(N)s2)CC1. The van der Waals surface area contributed by atoms with Gasteiger partial charge in [-0.05, 0) is 33.6 Å². The van der Waals surface area contributed by atoms with E-state index in [4.69, 9.17) is 10.5 Å². The van der Waals surface area contributed by atoms with Crippen LogP contribution >= 0.6 is 11.3 Å². The number of amides is 1. The first-order valence-electron chi connectivity index (χ1n) is 6.42. The molecule has 0 aliphatic carbocycles. The van der Waals surface area contributed by atoms with Crippen molar-refractivity contribution in [1.82, 2.24) is 15.1 Å². The second-order valence-electron chi connectivity index (χ2n) is 5.72. The lowest BCUT2D eigenvalue weighted by molar-refractivity contribution is 0.0204. The van der Waals surface area contributed by atoms with E-state index in [0.29, 0.717) is 24.1 Å². The van der Waals surface area contributed by atoms with Gasteiger partial charge in [0.25, 0.3) is 0 Å². The molecule has 0 bridgehead atoms. The summed E-state index contributed by atoms with van der Waals surface area (Å²) in [6.45, 7) is 7.02. The van der Waals surface area contributed by atoms with E-state index in [1.165, 1.54) is 11.3 Å². The van der Waals surface area contributed by atoms with Crippen LogP contribution in [0.15, 0.2) is 0 Å². The van der Waals surface area contributed by atoms with E-state index in [1.54, 1.807) is 4.90 Å². The van der Waals surface area contributed by atoms with Gasteiger partial charge in [0.15, 0.2) is 0 Å². The topological polar surface area (TPSA) is 81.3 Å². The molecule has 0 aromatic carbocycles. The van der Waals surface area contributed by atoms with Gasteiger partial charge < -0.3 is 15.4 Å². The zero-order chi connectivity index (χ0) is 14.0. The first kappa shape index (κ1) is 14.0. The van der Waals surface area contributed by atoms with Crippen LogP contribution in [0.4, 0.5) is 9.93 Å². The smallest absolute Gasteiger partial charge is 0.410 e. The van der Waals surface area contributed by atoms with Crippen molar-refractivity contribution in [3.05, 3.63) is 5.01 Å². The van der Waals surface area contributed by atoms with Crippen molar-refractivity contribution in [2.45, 2.75) is 45.1 Å². The van der Waals surface area contributed by atoms with Gasteiger partial charge >= 0.3 is 6.09 Å². The fraction of sp³-hybridized carbons (Fsp3) is 0.750. The highest BCUT2D eigenvalue weighted by atomic mass is 32.1. The first-order valence-corrected chi connectivity index (χ1v) is 7.23. The Morgan fingerprint density at radius 3 is 2.47 bits per heavy atom. The molecule has 0 unspecified atom stereocenters. The van der Waals surface area contributed by atoms with Gasteiger partial charge in [-0.15, -0.1) is 10.2 Å². The number of carbonyl (C=O) groups excluding carboxylic acids is 1. The number of likely N-dealkylation sites (tertiary alicyclic amines) is 1. The average molecular weight is 284 g/mol. The normalized spacial score (nSPS) is 17.5. The van der Waals surface area contributed by atoms with Gasteiger partial charge in [0.05, 0.1) is 0 Å². The Kier molecular flexibility index (Phi) is 3.93. The van der Waals surface area contributed by atoms with Crippen molar-refractivity contribution in [2.24, 2.45) is 0 Å². The predicted molar refractivity (Wildman–Crippen MR) is 74.1 cm³/mol. The molecule has 0 atom stereocenters. The quantitative estimate of drug-likeness (QED) is 0.855. The van der Waals surface area contributed by atoms with E-state index in [0.717, 1.165) is 17.8 Å². The van der Waals surface area contributed by atoms with Crippen molar-refractivity contribution < 1.29 is 9.53 Å². The summed E-state index contributed by atoms with van der Waals surface area (Å²) < 4.78 is 5.36. The number of aromatic nitrogens is 2. The van der Waals surface area contributed by atoms with E-state index >= 15 is 0 Å². The van der Waals surface area contributed by atoms with Crippen LogP contribution in [0, 0.1) is 0 Å². The minimum Gasteiger partial charge on any atom is -0.444 e. The monoisotopic (exact) mass is 284 g/mol. The number of nitrogens with zero attached hydrogens (tertiary/aromatic N) is 3. The van der Waals surface area contributed by atoms with E-state index in [1.807, 2.05) is 20.8 Å². The third-order valence-electron chi connectivity index (χ3n) is 2.95. The molecule has 1 saturated heterocycles. The molecule has 1 aromatic heterocycles. The Hall–Kier alpha value is -1.37. The van der Waals surface area contributed by atoms with Crippen molar-refractivity contribution >= 4 is 22.6 Å². The number of nitrogen functional groups attached to an aromatic ring is 1. The fourth-order valence-electron chi connectivity index (χ4n) is 2.05. The van der Waals surface area contributed by atoms with E-state index in [9.17, 15) is 4.79 Å². The summed E-state index contributed by atoms with van der Waals surface area (Å²) in [6, 6.07) is 0. The van der Waals surface area contributed by atoms with Crippen LogP contribution in [0.2, 0.25) is 0 Å². The third kappa shape index (κ3) is 3.79. The number of nitrogens with two attached hydrogens (primary N) is 1. The number of anilines is 1. The molecule has 6 nitrogen and oxygen atoms in total. The molecule has 7 heteroatoms. The van der Waals surface area contributed by atoms with Crippen LogP contribution in [-0.2, 0) is 4.74 Å². The summed E-state index contributed by atoms with van der Waals surface area (Å²) in [5.74, 6) is 0.355. The van der Waals surface area contributed by atoms with E-state index < -0.39 is 5.60 Å². The highest BCUT2D eigenvalue weighted by Crippen LogP contribution is 2.31. The van der Waals surface area contributed by atoms with Crippen LogP contribution in [0.25, 0.3) is 0 Å². The van der Waals surface area contributed by atoms with Gasteiger partial charge in [-0.25, -0.2) is 4.79 Å². The van der Waals surface area contributed by atoms with E-state index in [-0.39, 0.29) is 6.09 Å². The maximum Gasteiger partial charge on any atom is 0.410 e. The summed E-state index contributed by atoms with van der Waals surface area (Å²) in [6.07, 6.45) is 1.53. The van der Waals surface area contributed by atoms with Gasteiger partial charge in [0, 0.05) is 19.0 Å². The molecular formula is C12H20N4O2S. The largest absolute Gasteiger partial charge is 0.444 e. The summed E-state index contributed by atoms with van der Waals surface area (Å²) >= 11 is 1.43. The zero-order valence-electron chi connectivity index (χ0n) is 11.5. The maximum absolute atomic E-state index is 11.9. The summed E-state index contributed by atoms with van der Waals surface area (Å²) in [7, 11) is 0. The first-order chi connectivity index (χ1) is 8.85. The molecule has 1 fully saturated rings. The third-order valence-corrected chi connectivity index (χ3v) is 3.87. The number of hydrogen-bond acceptors (Lipinski definition) is 6. The minimum absolute atomic E-state index is 0.234. The lowest BCUT2D eigenvalue weighted by Crippen LogP contribution is -2.41. The molecule has 1 aromatic rings. The lowest BCUT2D eigenvalue weighted by atomic mass is 9.98. The summed E-state index contributed by atoms with van der Waals surface area (Å²) in [5, 5.41) is 9.39. The van der Waals surface area contributed by atoms with Gasteiger partial charge in [0.1, 0.15) is 10.6 Å². The van der Waals surface area contributed by atoms with Crippen molar-refractivity contribution in [1.29, 1.82) is 0 Å². The summed E-state index contributed by atoms with van der Waals surface area (Å²) in [5.41, 5.74) is 5.15. The van der Waals surface area contributed by atoms with Gasteiger partial charge in [-0.1, -0.05) is 11.3 Å². The van der Waals surface area contributed by atoms with Gasteiger partial charge in [-0.3, -0.25) is 0 Å². The Labute approximate surface area is 116 Å². The zero-order valence-corrected chi connectivity index (χ0v) is 12.4. The van der Waals surface area contributed by atoms with Crippen LogP contribution in [-0.4, -0.2) is 39.9 Å². The molecule has 2 heterocycles. The minimum atomic E-state index is -0.443. The second kappa shape index (κ2) is 5.32. The number of ether oxygens (including phenoxy) is 1.